The first-order valence-corrected chi connectivity index (χ1v) is 5.11. The Morgan fingerprint density at radius 2 is 2.25 bits per heavy atom. The van der Waals surface area contributed by atoms with E-state index in [-0.39, 0.29) is 11.1 Å². The van der Waals surface area contributed by atoms with Crippen molar-refractivity contribution >= 4 is 33.7 Å². The fraction of sp³-hybridized carbons (Fsp3) is 0.0909. The van der Waals surface area contributed by atoms with Gasteiger partial charge in [0.25, 0.3) is 5.56 Å². The second-order valence-corrected chi connectivity index (χ2v) is 4.01. The third-order valence-corrected chi connectivity index (χ3v) is 2.64. The van der Waals surface area contributed by atoms with E-state index in [0.29, 0.717) is 21.9 Å². The van der Waals surface area contributed by atoms with Crippen molar-refractivity contribution in [2.75, 3.05) is 0 Å². The molecule has 0 radical (unpaired) electrons. The largest absolute Gasteiger partial charge is 0.449 e. The Morgan fingerprint density at radius 1 is 1.44 bits per heavy atom. The fourth-order valence-electron chi connectivity index (χ4n) is 1.74. The van der Waals surface area contributed by atoms with Gasteiger partial charge >= 0.3 is 0 Å². The zero-order valence-electron chi connectivity index (χ0n) is 8.37. The number of aryl methyl sites for hydroxylation is 1. The summed E-state index contributed by atoms with van der Waals surface area (Å²) < 4.78 is 5.43. The molecule has 80 valence electrons. The topological polar surface area (TPSA) is 58.9 Å². The molecule has 0 atom stereocenters. The first-order chi connectivity index (χ1) is 7.65. The highest BCUT2D eigenvalue weighted by molar-refractivity contribution is 6.31. The number of halogens is 1. The smallest absolute Gasteiger partial charge is 0.294 e. The van der Waals surface area contributed by atoms with E-state index in [9.17, 15) is 4.79 Å². The molecule has 0 saturated heterocycles. The molecule has 0 amide bonds. The van der Waals surface area contributed by atoms with Crippen LogP contribution in [0.3, 0.4) is 0 Å². The lowest BCUT2D eigenvalue weighted by Crippen LogP contribution is -2.07. The van der Waals surface area contributed by atoms with Crippen LogP contribution in [-0.2, 0) is 0 Å². The summed E-state index contributed by atoms with van der Waals surface area (Å²) in [5.74, 6) is 0.556. The third kappa shape index (κ3) is 1.23. The van der Waals surface area contributed by atoms with Gasteiger partial charge in [0.1, 0.15) is 16.9 Å². The monoisotopic (exact) mass is 234 g/mol. The highest BCUT2D eigenvalue weighted by Crippen LogP contribution is 2.27. The van der Waals surface area contributed by atoms with Gasteiger partial charge in [-0.25, -0.2) is 4.98 Å². The predicted octanol–water partition coefficient (Wildman–Crippen LogP) is 2.63. The molecule has 1 aromatic carbocycles. The van der Waals surface area contributed by atoms with Crippen molar-refractivity contribution in [3.8, 4) is 0 Å². The molecular weight excluding hydrogens is 228 g/mol. The van der Waals surface area contributed by atoms with Crippen LogP contribution in [0.2, 0.25) is 5.02 Å². The number of hydrogen-bond donors (Lipinski definition) is 1. The second kappa shape index (κ2) is 3.09. The number of nitrogens with one attached hydrogen (secondary N) is 1. The lowest BCUT2D eigenvalue weighted by atomic mass is 10.2. The Kier molecular flexibility index (Phi) is 1.82. The molecule has 3 aromatic rings. The Labute approximate surface area is 94.9 Å². The molecule has 0 aliphatic heterocycles. The van der Waals surface area contributed by atoms with Gasteiger partial charge in [-0.1, -0.05) is 11.6 Å². The molecule has 0 spiro atoms. The lowest BCUT2D eigenvalue weighted by Gasteiger charge is -1.91. The number of hydrogen-bond acceptors (Lipinski definition) is 3. The quantitative estimate of drug-likeness (QED) is 0.651. The summed E-state index contributed by atoms with van der Waals surface area (Å²) in [6.07, 6.45) is 0. The Bertz CT molecular complexity index is 758. The first kappa shape index (κ1) is 9.42. The van der Waals surface area contributed by atoms with E-state index in [1.165, 1.54) is 0 Å². The van der Waals surface area contributed by atoms with Crippen LogP contribution >= 0.6 is 11.6 Å². The maximum Gasteiger partial charge on any atom is 0.294 e. The van der Waals surface area contributed by atoms with Crippen LogP contribution in [0, 0.1) is 6.92 Å². The number of fused-ring (bicyclic) bond motifs is 3. The SMILES string of the molecule is Cc1nc2c(oc3ccc(Cl)cc32)c(=O)[nH]1. The first-order valence-electron chi connectivity index (χ1n) is 4.74. The van der Waals surface area contributed by atoms with Gasteiger partial charge in [0, 0.05) is 10.4 Å². The number of H-pyrrole nitrogens is 1. The number of aromatic nitrogens is 2. The predicted molar refractivity (Wildman–Crippen MR) is 61.9 cm³/mol. The second-order valence-electron chi connectivity index (χ2n) is 3.57. The highest BCUT2D eigenvalue weighted by Gasteiger charge is 2.12. The zero-order valence-corrected chi connectivity index (χ0v) is 9.13. The van der Waals surface area contributed by atoms with Crippen LogP contribution in [0.5, 0.6) is 0 Å². The summed E-state index contributed by atoms with van der Waals surface area (Å²) in [6.45, 7) is 1.73. The maximum absolute atomic E-state index is 11.6. The Balaban J connectivity index is 2.62. The molecule has 16 heavy (non-hydrogen) atoms. The molecule has 0 saturated carbocycles. The number of benzene rings is 1. The Hall–Kier alpha value is -1.81. The fourth-order valence-corrected chi connectivity index (χ4v) is 1.91. The standard InChI is InChI=1S/C11H7ClN2O2/c1-5-13-9-7-4-6(12)2-3-8(7)16-10(9)11(15)14-5/h2-4H,1H3,(H,13,14,15). The zero-order chi connectivity index (χ0) is 11.3. The van der Waals surface area contributed by atoms with E-state index in [1.54, 1.807) is 25.1 Å². The average molecular weight is 235 g/mol. The van der Waals surface area contributed by atoms with E-state index in [4.69, 9.17) is 16.0 Å². The Morgan fingerprint density at radius 3 is 3.06 bits per heavy atom. The molecule has 1 N–H and O–H groups in total. The average Bonchev–Trinajstić information content (AvgIpc) is 2.57. The summed E-state index contributed by atoms with van der Waals surface area (Å²) in [5, 5.41) is 1.35. The van der Waals surface area contributed by atoms with Gasteiger partial charge < -0.3 is 9.40 Å². The van der Waals surface area contributed by atoms with Crippen molar-refractivity contribution in [2.24, 2.45) is 0 Å². The van der Waals surface area contributed by atoms with Crippen LogP contribution in [0.15, 0.2) is 27.4 Å². The minimum absolute atomic E-state index is 0.239. The van der Waals surface area contributed by atoms with Crippen molar-refractivity contribution in [1.29, 1.82) is 0 Å². The van der Waals surface area contributed by atoms with E-state index in [0.717, 1.165) is 5.39 Å². The number of aromatic amines is 1. The van der Waals surface area contributed by atoms with Crippen molar-refractivity contribution in [3.63, 3.8) is 0 Å². The summed E-state index contributed by atoms with van der Waals surface area (Å²) in [4.78, 5) is 18.5. The molecule has 0 aliphatic rings. The van der Waals surface area contributed by atoms with Gasteiger partial charge in [0.2, 0.25) is 5.58 Å². The summed E-state index contributed by atoms with van der Waals surface area (Å²) in [7, 11) is 0. The van der Waals surface area contributed by atoms with Crippen LogP contribution in [-0.4, -0.2) is 9.97 Å². The molecule has 0 bridgehead atoms. The van der Waals surface area contributed by atoms with Gasteiger partial charge in [-0.15, -0.1) is 0 Å². The molecule has 0 aliphatic carbocycles. The molecule has 3 rings (SSSR count). The summed E-state index contributed by atoms with van der Waals surface area (Å²) >= 11 is 5.90. The molecule has 5 heteroatoms. The number of furan rings is 1. The lowest BCUT2D eigenvalue weighted by molar-refractivity contribution is 0.660. The normalized spacial score (nSPS) is 11.4. The summed E-state index contributed by atoms with van der Waals surface area (Å²) in [6, 6.07) is 5.19. The minimum Gasteiger partial charge on any atom is -0.449 e. The maximum atomic E-state index is 11.6. The minimum atomic E-state index is -0.269. The van der Waals surface area contributed by atoms with Crippen LogP contribution < -0.4 is 5.56 Å². The van der Waals surface area contributed by atoms with E-state index < -0.39 is 0 Å². The molecule has 2 heterocycles. The van der Waals surface area contributed by atoms with Gasteiger partial charge in [-0.2, -0.15) is 0 Å². The van der Waals surface area contributed by atoms with Gasteiger partial charge in [-0.05, 0) is 25.1 Å². The molecule has 2 aromatic heterocycles. The summed E-state index contributed by atoms with van der Waals surface area (Å²) in [5.41, 5.74) is 1.14. The van der Waals surface area contributed by atoms with Gasteiger partial charge in [-0.3, -0.25) is 4.79 Å². The van der Waals surface area contributed by atoms with Crippen molar-refractivity contribution < 1.29 is 4.42 Å². The number of nitrogens with zero attached hydrogens (tertiary/aromatic N) is 1. The number of rotatable bonds is 0. The van der Waals surface area contributed by atoms with Gasteiger partial charge in [0.15, 0.2) is 0 Å². The third-order valence-electron chi connectivity index (χ3n) is 2.40. The van der Waals surface area contributed by atoms with Crippen molar-refractivity contribution in [2.45, 2.75) is 6.92 Å². The van der Waals surface area contributed by atoms with E-state index in [1.807, 2.05) is 0 Å². The molecule has 0 unspecified atom stereocenters. The van der Waals surface area contributed by atoms with E-state index in [2.05, 4.69) is 9.97 Å². The van der Waals surface area contributed by atoms with Crippen molar-refractivity contribution in [3.05, 3.63) is 39.4 Å². The van der Waals surface area contributed by atoms with Gasteiger partial charge in [0.05, 0.1) is 0 Å². The van der Waals surface area contributed by atoms with Crippen molar-refractivity contribution in [1.82, 2.24) is 9.97 Å². The molecular formula is C11H7ClN2O2. The molecule has 4 nitrogen and oxygen atoms in total. The van der Waals surface area contributed by atoms with Crippen LogP contribution in [0.1, 0.15) is 5.82 Å². The van der Waals surface area contributed by atoms with Crippen LogP contribution in [0.4, 0.5) is 0 Å². The highest BCUT2D eigenvalue weighted by atomic mass is 35.5. The van der Waals surface area contributed by atoms with E-state index >= 15 is 0 Å². The van der Waals surface area contributed by atoms with Crippen LogP contribution in [0.25, 0.3) is 22.1 Å². The molecule has 0 fully saturated rings.